The predicted molar refractivity (Wildman–Crippen MR) is 66.6 cm³/mol. The largest absolute Gasteiger partial charge is 0.481 e. The molecule has 1 saturated carbocycles. The van der Waals surface area contributed by atoms with Gasteiger partial charge in [0, 0.05) is 4.47 Å². The fourth-order valence-corrected chi connectivity index (χ4v) is 2.96. The maximum absolute atomic E-state index is 13.7. The van der Waals surface area contributed by atoms with Crippen LogP contribution in [0.5, 0.6) is 0 Å². The highest BCUT2D eigenvalue weighted by molar-refractivity contribution is 9.10. The molecule has 0 radical (unpaired) electrons. The Morgan fingerprint density at radius 3 is 2.47 bits per heavy atom. The molecule has 0 unspecified atom stereocenters. The van der Waals surface area contributed by atoms with Crippen LogP contribution in [-0.4, -0.2) is 11.1 Å². The van der Waals surface area contributed by atoms with Gasteiger partial charge in [0.1, 0.15) is 5.82 Å². The van der Waals surface area contributed by atoms with Gasteiger partial charge in [-0.25, -0.2) is 4.39 Å². The van der Waals surface area contributed by atoms with E-state index in [9.17, 15) is 14.3 Å². The molecule has 0 aromatic heterocycles. The first-order valence-corrected chi connectivity index (χ1v) is 6.46. The van der Waals surface area contributed by atoms with Crippen LogP contribution in [0, 0.1) is 12.7 Å². The summed E-state index contributed by atoms with van der Waals surface area (Å²) in [4.78, 5) is 11.5. The molecule has 1 aromatic carbocycles. The van der Waals surface area contributed by atoms with Gasteiger partial charge >= 0.3 is 5.97 Å². The van der Waals surface area contributed by atoms with Crippen LogP contribution in [0.3, 0.4) is 0 Å². The van der Waals surface area contributed by atoms with Crippen LogP contribution in [0.4, 0.5) is 4.39 Å². The van der Waals surface area contributed by atoms with Gasteiger partial charge in [-0.2, -0.15) is 0 Å². The second kappa shape index (κ2) is 4.41. The summed E-state index contributed by atoms with van der Waals surface area (Å²) in [6.07, 6.45) is 2.97. The van der Waals surface area contributed by atoms with Crippen LogP contribution in [0.15, 0.2) is 16.6 Å². The van der Waals surface area contributed by atoms with Gasteiger partial charge in [-0.05, 0) is 43.0 Å². The zero-order valence-corrected chi connectivity index (χ0v) is 11.2. The summed E-state index contributed by atoms with van der Waals surface area (Å²) in [5.74, 6) is -1.19. The Morgan fingerprint density at radius 2 is 2.00 bits per heavy atom. The highest BCUT2D eigenvalue weighted by atomic mass is 79.9. The number of halogens is 2. The molecule has 0 spiro atoms. The van der Waals surface area contributed by atoms with Crippen molar-refractivity contribution >= 4 is 21.9 Å². The smallest absolute Gasteiger partial charge is 0.314 e. The van der Waals surface area contributed by atoms with Gasteiger partial charge in [0.2, 0.25) is 0 Å². The molecule has 0 saturated heterocycles. The zero-order valence-electron chi connectivity index (χ0n) is 9.59. The minimum absolute atomic E-state index is 0.345. The molecular weight excluding hydrogens is 287 g/mol. The summed E-state index contributed by atoms with van der Waals surface area (Å²) in [5, 5.41) is 9.43. The third-order valence-electron chi connectivity index (χ3n) is 3.70. The zero-order chi connectivity index (χ0) is 12.6. The van der Waals surface area contributed by atoms with Crippen molar-refractivity contribution in [1.29, 1.82) is 0 Å². The number of carboxylic acids is 1. The van der Waals surface area contributed by atoms with Gasteiger partial charge in [-0.1, -0.05) is 28.8 Å². The van der Waals surface area contributed by atoms with Crippen molar-refractivity contribution in [3.8, 4) is 0 Å². The first-order chi connectivity index (χ1) is 7.97. The van der Waals surface area contributed by atoms with Crippen LogP contribution in [0.1, 0.15) is 36.8 Å². The van der Waals surface area contributed by atoms with Crippen molar-refractivity contribution in [3.05, 3.63) is 33.5 Å². The van der Waals surface area contributed by atoms with E-state index in [2.05, 4.69) is 15.9 Å². The average molecular weight is 301 g/mol. The topological polar surface area (TPSA) is 37.3 Å². The van der Waals surface area contributed by atoms with Crippen molar-refractivity contribution in [2.24, 2.45) is 0 Å². The molecule has 1 aromatic rings. The molecule has 0 heterocycles. The number of rotatable bonds is 2. The maximum atomic E-state index is 13.7. The highest BCUT2D eigenvalue weighted by Gasteiger charge is 2.43. The molecular formula is C13H14BrFO2. The van der Waals surface area contributed by atoms with Crippen LogP contribution >= 0.6 is 15.9 Å². The Kier molecular flexibility index (Phi) is 3.25. The molecule has 0 bridgehead atoms. The van der Waals surface area contributed by atoms with Crippen molar-refractivity contribution in [3.63, 3.8) is 0 Å². The number of carboxylic acid groups (broad SMARTS) is 1. The van der Waals surface area contributed by atoms with Gasteiger partial charge in [-0.3, -0.25) is 4.79 Å². The lowest BCUT2D eigenvalue weighted by molar-refractivity contribution is -0.143. The number of benzene rings is 1. The summed E-state index contributed by atoms with van der Waals surface area (Å²) in [5.41, 5.74) is 0.210. The van der Waals surface area contributed by atoms with E-state index < -0.39 is 11.4 Å². The first kappa shape index (κ1) is 12.6. The quantitative estimate of drug-likeness (QED) is 0.902. The van der Waals surface area contributed by atoms with Crippen molar-refractivity contribution in [1.82, 2.24) is 0 Å². The molecule has 4 heteroatoms. The lowest BCUT2D eigenvalue weighted by Crippen LogP contribution is -2.32. The minimum Gasteiger partial charge on any atom is -0.481 e. The van der Waals surface area contributed by atoms with Gasteiger partial charge in [-0.15, -0.1) is 0 Å². The van der Waals surface area contributed by atoms with Crippen LogP contribution in [0.2, 0.25) is 0 Å². The Morgan fingerprint density at radius 1 is 1.41 bits per heavy atom. The van der Waals surface area contributed by atoms with E-state index in [4.69, 9.17) is 0 Å². The maximum Gasteiger partial charge on any atom is 0.314 e. The van der Waals surface area contributed by atoms with Gasteiger partial charge in [0.05, 0.1) is 5.41 Å². The molecule has 0 atom stereocenters. The molecule has 2 rings (SSSR count). The molecule has 92 valence electrons. The molecule has 17 heavy (non-hydrogen) atoms. The normalized spacial score (nSPS) is 18.3. The van der Waals surface area contributed by atoms with E-state index in [1.54, 1.807) is 13.0 Å². The molecule has 0 aliphatic heterocycles. The van der Waals surface area contributed by atoms with E-state index in [0.717, 1.165) is 12.8 Å². The Labute approximate surface area is 108 Å². The lowest BCUT2D eigenvalue weighted by Gasteiger charge is -2.25. The predicted octanol–water partition coefficient (Wildman–Crippen LogP) is 3.79. The molecule has 1 fully saturated rings. The van der Waals surface area contributed by atoms with Gasteiger partial charge in [0.25, 0.3) is 0 Å². The van der Waals surface area contributed by atoms with E-state index in [1.165, 1.54) is 6.07 Å². The van der Waals surface area contributed by atoms with E-state index in [1.807, 2.05) is 0 Å². The molecule has 0 amide bonds. The first-order valence-electron chi connectivity index (χ1n) is 5.67. The standard InChI is InChI=1S/C13H14BrFO2/c1-8-10(14)6-9(7-11(8)15)13(12(16)17)4-2-3-5-13/h6-7H,2-5H2,1H3,(H,16,17). The van der Waals surface area contributed by atoms with Crippen LogP contribution < -0.4 is 0 Å². The Bertz CT molecular complexity index is 441. The average Bonchev–Trinajstić information content (AvgIpc) is 2.75. The number of hydrogen-bond donors (Lipinski definition) is 1. The fourth-order valence-electron chi connectivity index (χ4n) is 2.53. The lowest BCUT2D eigenvalue weighted by atomic mass is 9.78. The van der Waals surface area contributed by atoms with E-state index in [0.29, 0.717) is 28.4 Å². The third kappa shape index (κ3) is 1.99. The second-order valence-corrected chi connectivity index (χ2v) is 5.51. The second-order valence-electron chi connectivity index (χ2n) is 4.66. The molecule has 2 nitrogen and oxygen atoms in total. The Balaban J connectivity index is 2.55. The SMILES string of the molecule is Cc1c(F)cc(C2(C(=O)O)CCCC2)cc1Br. The highest BCUT2D eigenvalue weighted by Crippen LogP contribution is 2.42. The summed E-state index contributed by atoms with van der Waals surface area (Å²) >= 11 is 3.28. The number of carbonyl (C=O) groups is 1. The molecule has 1 aliphatic rings. The van der Waals surface area contributed by atoms with Gasteiger partial charge in [0.15, 0.2) is 0 Å². The van der Waals surface area contributed by atoms with E-state index in [-0.39, 0.29) is 5.82 Å². The van der Waals surface area contributed by atoms with Gasteiger partial charge < -0.3 is 5.11 Å². The molecule has 1 aliphatic carbocycles. The monoisotopic (exact) mass is 300 g/mol. The summed E-state index contributed by atoms with van der Waals surface area (Å²) < 4.78 is 14.3. The minimum atomic E-state index is -0.892. The van der Waals surface area contributed by atoms with E-state index >= 15 is 0 Å². The van der Waals surface area contributed by atoms with Crippen molar-refractivity contribution in [2.45, 2.75) is 38.0 Å². The summed E-state index contributed by atoms with van der Waals surface area (Å²) in [7, 11) is 0. The third-order valence-corrected chi connectivity index (χ3v) is 4.52. The number of hydrogen-bond acceptors (Lipinski definition) is 1. The number of aliphatic carboxylic acids is 1. The van der Waals surface area contributed by atoms with Crippen molar-refractivity contribution < 1.29 is 14.3 Å². The van der Waals surface area contributed by atoms with Crippen LogP contribution in [-0.2, 0) is 10.2 Å². The summed E-state index contributed by atoms with van der Waals surface area (Å²) in [6, 6.07) is 3.12. The van der Waals surface area contributed by atoms with Crippen molar-refractivity contribution in [2.75, 3.05) is 0 Å². The van der Waals surface area contributed by atoms with Crippen LogP contribution in [0.25, 0.3) is 0 Å². The fraction of sp³-hybridized carbons (Fsp3) is 0.462. The molecule has 1 N–H and O–H groups in total. The summed E-state index contributed by atoms with van der Waals surface area (Å²) in [6.45, 7) is 1.67. The Hall–Kier alpha value is -0.900.